The van der Waals surface area contributed by atoms with Crippen LogP contribution in [0.5, 0.6) is 0 Å². The van der Waals surface area contributed by atoms with Gasteiger partial charge in [0.05, 0.1) is 0 Å². The first kappa shape index (κ1) is 22.2. The standard InChI is InChI=1S/C11H9F6NO6S2/c1-6-4-2-3-5-7(6)8(19)18-25(20,21)10(14,15)9(12,13)11(16,17)26(22,23)24/h2-5H,1H3,(H,18,19)(H,22,23,24). The molecule has 1 rings (SSSR count). The van der Waals surface area contributed by atoms with Gasteiger partial charge in [-0.05, 0) is 18.6 Å². The van der Waals surface area contributed by atoms with Gasteiger partial charge in [-0.2, -0.15) is 43.2 Å². The number of alkyl halides is 6. The van der Waals surface area contributed by atoms with Gasteiger partial charge in [-0.3, -0.25) is 9.35 Å². The van der Waals surface area contributed by atoms with E-state index in [-0.39, 0.29) is 5.56 Å². The van der Waals surface area contributed by atoms with E-state index in [2.05, 4.69) is 0 Å². The number of rotatable bonds is 6. The maximum Gasteiger partial charge on any atom is 0.439 e. The van der Waals surface area contributed by atoms with Gasteiger partial charge in [0.1, 0.15) is 0 Å². The van der Waals surface area contributed by atoms with Crippen molar-refractivity contribution in [3.8, 4) is 0 Å². The summed E-state index contributed by atoms with van der Waals surface area (Å²) >= 11 is 0. The number of carbonyl (C=O) groups is 1. The van der Waals surface area contributed by atoms with Crippen molar-refractivity contribution >= 4 is 26.0 Å². The van der Waals surface area contributed by atoms with Gasteiger partial charge < -0.3 is 0 Å². The second-order valence-electron chi connectivity index (χ2n) is 4.83. The highest BCUT2D eigenvalue weighted by Gasteiger charge is 2.82. The highest BCUT2D eigenvalue weighted by molar-refractivity contribution is 7.91. The van der Waals surface area contributed by atoms with Crippen molar-refractivity contribution in [2.75, 3.05) is 0 Å². The van der Waals surface area contributed by atoms with Crippen LogP contribution in [0, 0.1) is 6.92 Å². The summed E-state index contributed by atoms with van der Waals surface area (Å²) in [7, 11) is -14.0. The number of nitrogens with one attached hydrogen (secondary N) is 1. The molecule has 0 saturated heterocycles. The first-order valence-corrected chi connectivity index (χ1v) is 9.05. The van der Waals surface area contributed by atoms with E-state index >= 15 is 0 Å². The Kier molecular flexibility index (Phi) is 5.44. The fourth-order valence-electron chi connectivity index (χ4n) is 1.57. The lowest BCUT2D eigenvalue weighted by atomic mass is 10.1. The summed E-state index contributed by atoms with van der Waals surface area (Å²) in [5.74, 6) is -8.97. The second kappa shape index (κ2) is 6.38. The van der Waals surface area contributed by atoms with Crippen molar-refractivity contribution in [2.45, 2.75) is 23.4 Å². The van der Waals surface area contributed by atoms with Crippen LogP contribution >= 0.6 is 0 Å². The first-order valence-electron chi connectivity index (χ1n) is 6.13. The smallest absolute Gasteiger partial charge is 0.281 e. The Morgan fingerprint density at radius 2 is 1.42 bits per heavy atom. The number of benzene rings is 1. The molecule has 0 heterocycles. The molecule has 148 valence electrons. The summed E-state index contributed by atoms with van der Waals surface area (Å²) < 4.78 is 132. The molecular formula is C11H9F6NO6S2. The molecule has 2 N–H and O–H groups in total. The lowest BCUT2D eigenvalue weighted by Gasteiger charge is -2.30. The molecule has 0 aliphatic rings. The molecule has 0 bridgehead atoms. The Bertz CT molecular complexity index is 928. The van der Waals surface area contributed by atoms with Crippen molar-refractivity contribution in [3.05, 3.63) is 35.4 Å². The normalized spacial score (nSPS) is 14.2. The highest BCUT2D eigenvalue weighted by Crippen LogP contribution is 2.50. The summed E-state index contributed by atoms with van der Waals surface area (Å²) in [5, 5.41) is -13.7. The van der Waals surface area contributed by atoms with E-state index in [1.807, 2.05) is 0 Å². The van der Waals surface area contributed by atoms with E-state index in [4.69, 9.17) is 4.55 Å². The van der Waals surface area contributed by atoms with Crippen LogP contribution in [0.1, 0.15) is 15.9 Å². The van der Waals surface area contributed by atoms with Gasteiger partial charge in [0, 0.05) is 5.56 Å². The molecule has 1 aromatic rings. The quantitative estimate of drug-likeness (QED) is 0.526. The molecule has 0 unspecified atom stereocenters. The largest absolute Gasteiger partial charge is 0.439 e. The average molecular weight is 429 g/mol. The SMILES string of the molecule is Cc1ccccc1C(=O)NS(=O)(=O)C(F)(F)C(F)(F)C(F)(F)S(=O)(=O)O. The van der Waals surface area contributed by atoms with Crippen LogP contribution in [0.4, 0.5) is 26.3 Å². The summed E-state index contributed by atoms with van der Waals surface area (Å²) in [4.78, 5) is 11.7. The number of hydrogen-bond acceptors (Lipinski definition) is 5. The minimum atomic E-state index is -7.13. The molecule has 0 spiro atoms. The zero-order chi connectivity index (χ0) is 20.8. The third kappa shape index (κ3) is 3.37. The van der Waals surface area contributed by atoms with Gasteiger partial charge in [0.25, 0.3) is 5.91 Å². The fraction of sp³-hybridized carbons (Fsp3) is 0.364. The zero-order valence-electron chi connectivity index (χ0n) is 12.4. The number of aryl methyl sites for hydroxylation is 1. The number of hydrogen-bond donors (Lipinski definition) is 2. The Hall–Kier alpha value is -1.87. The lowest BCUT2D eigenvalue weighted by Crippen LogP contribution is -2.63. The third-order valence-electron chi connectivity index (χ3n) is 3.01. The molecule has 15 heteroatoms. The van der Waals surface area contributed by atoms with Crippen LogP contribution in [-0.2, 0) is 20.1 Å². The van der Waals surface area contributed by atoms with E-state index in [1.165, 1.54) is 19.1 Å². The second-order valence-corrected chi connectivity index (χ2v) is 8.02. The van der Waals surface area contributed by atoms with Crippen LogP contribution in [0.2, 0.25) is 0 Å². The van der Waals surface area contributed by atoms with Gasteiger partial charge in [-0.25, -0.2) is 4.72 Å². The third-order valence-corrected chi connectivity index (χ3v) is 5.30. The fourth-order valence-corrected chi connectivity index (χ4v) is 3.03. The van der Waals surface area contributed by atoms with E-state index < -0.39 is 48.0 Å². The predicted octanol–water partition coefficient (Wildman–Crippen LogP) is 1.76. The van der Waals surface area contributed by atoms with Crippen molar-refractivity contribution in [3.63, 3.8) is 0 Å². The summed E-state index contributed by atoms with van der Waals surface area (Å²) in [6.45, 7) is 1.22. The van der Waals surface area contributed by atoms with Gasteiger partial charge in [0.2, 0.25) is 0 Å². The Balaban J connectivity index is 3.38. The van der Waals surface area contributed by atoms with E-state index in [0.29, 0.717) is 4.72 Å². The van der Waals surface area contributed by atoms with Crippen molar-refractivity contribution in [1.82, 2.24) is 4.72 Å². The van der Waals surface area contributed by atoms with Crippen LogP contribution in [0.15, 0.2) is 24.3 Å². The number of amides is 1. The molecule has 1 amide bonds. The van der Waals surface area contributed by atoms with Crippen molar-refractivity contribution in [1.29, 1.82) is 0 Å². The van der Waals surface area contributed by atoms with Gasteiger partial charge in [-0.1, -0.05) is 18.2 Å². The van der Waals surface area contributed by atoms with Crippen LogP contribution in [0.3, 0.4) is 0 Å². The molecule has 0 aliphatic heterocycles. The molecule has 0 saturated carbocycles. The van der Waals surface area contributed by atoms with Crippen LogP contribution in [0.25, 0.3) is 0 Å². The summed E-state index contributed by atoms with van der Waals surface area (Å²) in [6.07, 6.45) is 0. The maximum absolute atomic E-state index is 13.6. The molecule has 26 heavy (non-hydrogen) atoms. The minimum absolute atomic E-state index is 0.0264. The van der Waals surface area contributed by atoms with E-state index in [1.54, 1.807) is 0 Å². The van der Waals surface area contributed by atoms with Crippen LogP contribution in [-0.4, -0.2) is 43.7 Å². The van der Waals surface area contributed by atoms with E-state index in [0.717, 1.165) is 12.1 Å². The highest BCUT2D eigenvalue weighted by atomic mass is 32.2. The minimum Gasteiger partial charge on any atom is -0.281 e. The molecule has 0 aliphatic carbocycles. The molecule has 1 aromatic carbocycles. The summed E-state index contributed by atoms with van der Waals surface area (Å²) in [6, 6.07) is 4.66. The Morgan fingerprint density at radius 1 is 0.962 bits per heavy atom. The Morgan fingerprint density at radius 3 is 1.85 bits per heavy atom. The van der Waals surface area contributed by atoms with Gasteiger partial charge >= 0.3 is 36.6 Å². The molecule has 0 atom stereocenters. The van der Waals surface area contributed by atoms with Gasteiger partial charge in [-0.15, -0.1) is 0 Å². The number of sulfonamides is 1. The topological polar surface area (TPSA) is 118 Å². The Labute approximate surface area is 142 Å². The average Bonchev–Trinajstić information content (AvgIpc) is 2.45. The molecular weight excluding hydrogens is 420 g/mol. The zero-order valence-corrected chi connectivity index (χ0v) is 14.0. The lowest BCUT2D eigenvalue weighted by molar-refractivity contribution is -0.245. The van der Waals surface area contributed by atoms with E-state index in [9.17, 15) is 48.0 Å². The molecule has 0 radical (unpaired) electrons. The first-order chi connectivity index (χ1) is 11.4. The molecule has 0 fully saturated rings. The van der Waals surface area contributed by atoms with Crippen molar-refractivity contribution in [2.24, 2.45) is 0 Å². The van der Waals surface area contributed by atoms with Crippen LogP contribution < -0.4 is 4.72 Å². The number of carbonyl (C=O) groups excluding carboxylic acids is 1. The number of halogens is 6. The summed E-state index contributed by atoms with van der Waals surface area (Å²) in [5.41, 5.74) is -0.532. The molecule has 0 aromatic heterocycles. The monoisotopic (exact) mass is 429 g/mol. The molecule has 7 nitrogen and oxygen atoms in total. The van der Waals surface area contributed by atoms with Crippen molar-refractivity contribution < 1.29 is 52.5 Å². The van der Waals surface area contributed by atoms with Gasteiger partial charge in [0.15, 0.2) is 0 Å². The predicted molar refractivity (Wildman–Crippen MR) is 74.0 cm³/mol. The maximum atomic E-state index is 13.6.